The van der Waals surface area contributed by atoms with Crippen LogP contribution in [0.5, 0.6) is 0 Å². The highest BCUT2D eigenvalue weighted by Gasteiger charge is 2.40. The van der Waals surface area contributed by atoms with Crippen molar-refractivity contribution in [1.82, 2.24) is 20.1 Å². The lowest BCUT2D eigenvalue weighted by Gasteiger charge is -2.36. The molecule has 0 aromatic heterocycles. The maximum Gasteiger partial charge on any atom is 0.322 e. The molecule has 0 radical (unpaired) electrons. The number of nitrogens with zero attached hydrogens (tertiary/aromatic N) is 6. The molecular formula is C31H38Cl2N8O. The molecule has 9 nitrogen and oxygen atoms in total. The molecule has 0 spiro atoms. The van der Waals surface area contributed by atoms with E-state index in [2.05, 4.69) is 54.8 Å². The lowest BCUT2D eigenvalue weighted by Crippen LogP contribution is -2.50. The van der Waals surface area contributed by atoms with Gasteiger partial charge in [0.05, 0.1) is 21.9 Å². The fraction of sp³-hybridized carbons (Fsp3) is 0.516. The molecule has 1 saturated carbocycles. The Morgan fingerprint density at radius 1 is 0.929 bits per heavy atom. The molecule has 42 heavy (non-hydrogen) atoms. The quantitative estimate of drug-likeness (QED) is 0.469. The van der Waals surface area contributed by atoms with Crippen molar-refractivity contribution in [2.75, 3.05) is 49.5 Å². The van der Waals surface area contributed by atoms with Crippen molar-refractivity contribution in [3.8, 4) is 0 Å². The third-order valence-corrected chi connectivity index (χ3v) is 9.82. The second-order valence-corrected chi connectivity index (χ2v) is 12.8. The van der Waals surface area contributed by atoms with Gasteiger partial charge < -0.3 is 20.4 Å². The van der Waals surface area contributed by atoms with Crippen molar-refractivity contribution in [2.45, 2.75) is 63.3 Å². The number of fused-ring (bicyclic) bond motifs is 1. The summed E-state index contributed by atoms with van der Waals surface area (Å²) < 4.78 is 0. The molecule has 7 rings (SSSR count). The molecule has 2 atom stereocenters. The molecule has 2 amide bonds. The number of benzene rings is 2. The third kappa shape index (κ3) is 5.66. The van der Waals surface area contributed by atoms with Gasteiger partial charge in [0.2, 0.25) is 0 Å². The van der Waals surface area contributed by atoms with E-state index in [1.165, 1.54) is 38.5 Å². The zero-order valence-electron chi connectivity index (χ0n) is 23.8. The van der Waals surface area contributed by atoms with Gasteiger partial charge in [0.25, 0.3) is 0 Å². The summed E-state index contributed by atoms with van der Waals surface area (Å²) in [5, 5.41) is 14.4. The van der Waals surface area contributed by atoms with Crippen molar-refractivity contribution in [1.29, 1.82) is 0 Å². The highest BCUT2D eigenvalue weighted by atomic mass is 35.5. The predicted molar refractivity (Wildman–Crippen MR) is 170 cm³/mol. The number of aliphatic imine (C=N–C) groups is 1. The molecule has 2 aromatic carbocycles. The largest absolute Gasteiger partial charge is 0.368 e. The van der Waals surface area contributed by atoms with Gasteiger partial charge in [0, 0.05) is 50.0 Å². The van der Waals surface area contributed by atoms with E-state index in [1.807, 2.05) is 23.2 Å². The van der Waals surface area contributed by atoms with Crippen LogP contribution in [0.15, 0.2) is 46.5 Å². The Morgan fingerprint density at radius 3 is 2.31 bits per heavy atom. The van der Waals surface area contributed by atoms with Crippen LogP contribution in [0.3, 0.4) is 0 Å². The molecule has 222 valence electrons. The van der Waals surface area contributed by atoms with Gasteiger partial charge in [-0.05, 0) is 80.7 Å². The number of rotatable bonds is 6. The maximum absolute atomic E-state index is 13.1. The van der Waals surface area contributed by atoms with Gasteiger partial charge in [-0.2, -0.15) is 5.10 Å². The Labute approximate surface area is 257 Å². The molecule has 2 aromatic rings. The third-order valence-electron chi connectivity index (χ3n) is 9.23. The van der Waals surface area contributed by atoms with E-state index in [0.717, 1.165) is 55.4 Å². The van der Waals surface area contributed by atoms with Crippen molar-refractivity contribution >= 4 is 52.7 Å². The van der Waals surface area contributed by atoms with Crippen LogP contribution in [0.1, 0.15) is 49.7 Å². The first kappa shape index (κ1) is 27.8. The predicted octanol–water partition coefficient (Wildman–Crippen LogP) is 5.23. The van der Waals surface area contributed by atoms with Crippen LogP contribution < -0.4 is 15.5 Å². The molecule has 4 heterocycles. The van der Waals surface area contributed by atoms with E-state index in [9.17, 15) is 4.79 Å². The van der Waals surface area contributed by atoms with Crippen LogP contribution in [0, 0.1) is 0 Å². The fourth-order valence-corrected chi connectivity index (χ4v) is 7.52. The summed E-state index contributed by atoms with van der Waals surface area (Å²) in [6, 6.07) is 12.9. The summed E-state index contributed by atoms with van der Waals surface area (Å²) in [5.74, 6) is 0.939. The second-order valence-electron chi connectivity index (χ2n) is 12.0. The number of hydrogen-bond donors (Lipinski definition) is 2. The molecule has 2 unspecified atom stereocenters. The summed E-state index contributed by atoms with van der Waals surface area (Å²) in [5.41, 5.74) is 3.79. The number of amides is 2. The lowest BCUT2D eigenvalue weighted by atomic mass is 10.1. The van der Waals surface area contributed by atoms with Gasteiger partial charge >= 0.3 is 6.03 Å². The first-order chi connectivity index (χ1) is 20.5. The van der Waals surface area contributed by atoms with Gasteiger partial charge in [0.15, 0.2) is 6.17 Å². The summed E-state index contributed by atoms with van der Waals surface area (Å²) >= 11 is 13.1. The van der Waals surface area contributed by atoms with E-state index in [-0.39, 0.29) is 18.2 Å². The van der Waals surface area contributed by atoms with E-state index in [0.29, 0.717) is 34.9 Å². The molecule has 3 fully saturated rings. The molecule has 4 aliphatic heterocycles. The monoisotopic (exact) mass is 608 g/mol. The van der Waals surface area contributed by atoms with Gasteiger partial charge in [-0.15, -0.1) is 0 Å². The zero-order chi connectivity index (χ0) is 28.6. The highest BCUT2D eigenvalue weighted by molar-refractivity contribution is 6.39. The average Bonchev–Trinajstić information content (AvgIpc) is 3.81. The molecule has 2 N–H and O–H groups in total. The van der Waals surface area contributed by atoms with Crippen molar-refractivity contribution in [2.24, 2.45) is 10.1 Å². The second kappa shape index (κ2) is 11.9. The fourth-order valence-electron chi connectivity index (χ4n) is 6.89. The van der Waals surface area contributed by atoms with Crippen LogP contribution in [-0.2, 0) is 6.54 Å². The number of hydrazone groups is 1. The maximum atomic E-state index is 13.1. The summed E-state index contributed by atoms with van der Waals surface area (Å²) in [6.45, 7) is 5.76. The number of halogens is 2. The molecule has 5 aliphatic rings. The number of hydrogen-bond acceptors (Lipinski definition) is 7. The summed E-state index contributed by atoms with van der Waals surface area (Å²) in [7, 11) is 0. The van der Waals surface area contributed by atoms with Gasteiger partial charge in [-0.3, -0.25) is 9.91 Å². The number of carbonyl (C=O) groups is 1. The van der Waals surface area contributed by atoms with Gasteiger partial charge in [0.1, 0.15) is 11.9 Å². The van der Waals surface area contributed by atoms with Crippen LogP contribution in [0.4, 0.5) is 16.2 Å². The Morgan fingerprint density at radius 2 is 1.62 bits per heavy atom. The number of anilines is 2. The van der Waals surface area contributed by atoms with Crippen molar-refractivity contribution in [3.05, 3.63) is 57.6 Å². The molecular weight excluding hydrogens is 571 g/mol. The van der Waals surface area contributed by atoms with E-state index in [1.54, 1.807) is 0 Å². The minimum atomic E-state index is -0.174. The first-order valence-electron chi connectivity index (χ1n) is 15.3. The lowest BCUT2D eigenvalue weighted by molar-refractivity contribution is 0.162. The van der Waals surface area contributed by atoms with Gasteiger partial charge in [-0.1, -0.05) is 36.0 Å². The molecule has 1 aliphatic carbocycles. The Bertz CT molecular complexity index is 1340. The average molecular weight is 610 g/mol. The van der Waals surface area contributed by atoms with Gasteiger partial charge in [-0.25, -0.2) is 9.79 Å². The van der Waals surface area contributed by atoms with Crippen molar-refractivity contribution in [3.63, 3.8) is 0 Å². The Balaban J connectivity index is 0.927. The standard InChI is InChI=1S/C31H38Cl2N8O/c32-25-17-21(20-38-11-3-4-12-38)18-26(33)28(25)36-31(42)40-15-13-39(14-16-40)23-9-7-22(8-10-23)29-35-27-19-34-41(30(27)37-29)24-5-1-2-6-24/h7-10,17-19,24,27,30H,1-6,11-16,20H2,(H,35,37)(H,36,42). The number of nitrogens with one attached hydrogen (secondary N) is 2. The Kier molecular flexibility index (Phi) is 7.90. The Hall–Kier alpha value is -3.01. The van der Waals surface area contributed by atoms with Crippen LogP contribution in [-0.4, -0.2) is 90.4 Å². The van der Waals surface area contributed by atoms with Crippen LogP contribution in [0.25, 0.3) is 0 Å². The number of likely N-dealkylation sites (tertiary alicyclic amines) is 1. The van der Waals surface area contributed by atoms with E-state index in [4.69, 9.17) is 28.2 Å². The molecule has 0 bridgehead atoms. The summed E-state index contributed by atoms with van der Waals surface area (Å²) in [6.07, 6.45) is 9.54. The van der Waals surface area contributed by atoms with Crippen LogP contribution >= 0.6 is 23.2 Å². The SMILES string of the molecule is O=C(Nc1c(Cl)cc(CN2CCCC2)cc1Cl)N1CCN(c2ccc(C3=NC4C(C=NN4C4CCCC4)N3)cc2)CC1. The minimum absolute atomic E-state index is 0.0691. The first-order valence-corrected chi connectivity index (χ1v) is 16.1. The molecule has 2 saturated heterocycles. The zero-order valence-corrected chi connectivity index (χ0v) is 25.3. The number of amidine groups is 1. The number of carbonyl (C=O) groups excluding carboxylic acids is 1. The topological polar surface area (TPSA) is 78.8 Å². The smallest absolute Gasteiger partial charge is 0.322 e. The highest BCUT2D eigenvalue weighted by Crippen LogP contribution is 2.34. The van der Waals surface area contributed by atoms with E-state index < -0.39 is 0 Å². The number of urea groups is 1. The molecule has 11 heteroatoms. The van der Waals surface area contributed by atoms with Crippen molar-refractivity contribution < 1.29 is 4.79 Å². The van der Waals surface area contributed by atoms with E-state index >= 15 is 0 Å². The minimum Gasteiger partial charge on any atom is -0.368 e. The normalized spacial score (nSPS) is 24.3. The summed E-state index contributed by atoms with van der Waals surface area (Å²) in [4.78, 5) is 24.6. The van der Waals surface area contributed by atoms with Crippen LogP contribution in [0.2, 0.25) is 10.0 Å². The number of piperazine rings is 1.